The highest BCUT2D eigenvalue weighted by atomic mass is 79.9. The van der Waals surface area contributed by atoms with Crippen molar-refractivity contribution in [1.29, 1.82) is 0 Å². The van der Waals surface area contributed by atoms with Gasteiger partial charge in [-0.2, -0.15) is 0 Å². The van der Waals surface area contributed by atoms with Gasteiger partial charge in [-0.1, -0.05) is 42.8 Å². The van der Waals surface area contributed by atoms with Gasteiger partial charge in [-0.25, -0.2) is 0 Å². The summed E-state index contributed by atoms with van der Waals surface area (Å²) in [6, 6.07) is 7.08. The van der Waals surface area contributed by atoms with Gasteiger partial charge >= 0.3 is 11.8 Å². The highest BCUT2D eigenvalue weighted by molar-refractivity contribution is 9.10. The first kappa shape index (κ1) is 14.7. The quantitative estimate of drug-likeness (QED) is 0.825. The van der Waals surface area contributed by atoms with Crippen molar-refractivity contribution in [3.05, 3.63) is 28.7 Å². The van der Waals surface area contributed by atoms with E-state index < -0.39 is 11.8 Å². The van der Waals surface area contributed by atoms with Crippen LogP contribution in [0.3, 0.4) is 0 Å². The van der Waals surface area contributed by atoms with Crippen molar-refractivity contribution >= 4 is 33.4 Å². The molecule has 0 bridgehead atoms. The van der Waals surface area contributed by atoms with Crippen molar-refractivity contribution in [3.63, 3.8) is 0 Å². The van der Waals surface area contributed by atoms with E-state index in [0.29, 0.717) is 12.2 Å². The molecule has 1 aromatic carbocycles. The Morgan fingerprint density at radius 3 is 2.44 bits per heavy atom. The highest BCUT2D eigenvalue weighted by Gasteiger charge is 2.17. The molecule has 0 aliphatic heterocycles. The third-order valence-corrected chi connectivity index (χ3v) is 2.56. The number of hydrogen-bond donors (Lipinski definition) is 2. The molecule has 0 saturated heterocycles. The van der Waals surface area contributed by atoms with Gasteiger partial charge in [0.15, 0.2) is 0 Å². The lowest BCUT2D eigenvalue weighted by Crippen LogP contribution is -2.39. The summed E-state index contributed by atoms with van der Waals surface area (Å²) < 4.78 is 0.843. The summed E-state index contributed by atoms with van der Waals surface area (Å²) in [7, 11) is 0. The normalized spacial score (nSPS) is 10.9. The van der Waals surface area contributed by atoms with E-state index in [4.69, 9.17) is 0 Å². The minimum absolute atomic E-state index is 0.0499. The molecular weight excluding hydrogens is 296 g/mol. The summed E-state index contributed by atoms with van der Waals surface area (Å²) in [6.07, 6.45) is 0. The number of carbonyl (C=O) groups is 2. The highest BCUT2D eigenvalue weighted by Crippen LogP contribution is 2.15. The summed E-state index contributed by atoms with van der Waals surface area (Å²) in [6.45, 7) is 6.41. The topological polar surface area (TPSA) is 58.2 Å². The molecule has 4 nitrogen and oxygen atoms in total. The van der Waals surface area contributed by atoms with Crippen LogP contribution in [0.1, 0.15) is 20.8 Å². The third kappa shape index (κ3) is 5.31. The second kappa shape index (κ2) is 6.00. The predicted molar refractivity (Wildman–Crippen MR) is 75.2 cm³/mol. The lowest BCUT2D eigenvalue weighted by molar-refractivity contribution is -0.136. The maximum Gasteiger partial charge on any atom is 0.313 e. The first-order valence-corrected chi connectivity index (χ1v) is 6.42. The van der Waals surface area contributed by atoms with Crippen molar-refractivity contribution in [2.45, 2.75) is 20.8 Å². The van der Waals surface area contributed by atoms with Gasteiger partial charge < -0.3 is 10.6 Å². The monoisotopic (exact) mass is 312 g/mol. The number of anilines is 1. The van der Waals surface area contributed by atoms with E-state index in [0.717, 1.165) is 4.47 Å². The molecule has 0 atom stereocenters. The SMILES string of the molecule is CC(C)(C)CNC(=O)C(=O)Nc1cccc(Br)c1. The van der Waals surface area contributed by atoms with E-state index in [9.17, 15) is 9.59 Å². The zero-order valence-electron chi connectivity index (χ0n) is 10.7. The number of nitrogens with one attached hydrogen (secondary N) is 2. The Kier molecular flexibility index (Phi) is 4.90. The zero-order chi connectivity index (χ0) is 13.8. The van der Waals surface area contributed by atoms with Gasteiger partial charge in [-0.15, -0.1) is 0 Å². The minimum atomic E-state index is -0.655. The van der Waals surface area contributed by atoms with Gasteiger partial charge in [0.1, 0.15) is 0 Å². The minimum Gasteiger partial charge on any atom is -0.347 e. The molecule has 1 aromatic rings. The fourth-order valence-corrected chi connectivity index (χ4v) is 1.58. The molecule has 0 unspecified atom stereocenters. The molecule has 18 heavy (non-hydrogen) atoms. The Hall–Kier alpha value is -1.36. The molecule has 0 heterocycles. The maximum absolute atomic E-state index is 11.6. The Labute approximate surface area is 115 Å². The molecule has 0 saturated carbocycles. The number of hydrogen-bond acceptors (Lipinski definition) is 2. The third-order valence-electron chi connectivity index (χ3n) is 2.07. The van der Waals surface area contributed by atoms with E-state index in [1.807, 2.05) is 26.8 Å². The number of carbonyl (C=O) groups excluding carboxylic acids is 2. The van der Waals surface area contributed by atoms with Crippen molar-refractivity contribution in [2.75, 3.05) is 11.9 Å². The van der Waals surface area contributed by atoms with Crippen molar-refractivity contribution in [1.82, 2.24) is 5.32 Å². The molecule has 98 valence electrons. The standard InChI is InChI=1S/C13H17BrN2O2/c1-13(2,3)8-15-11(17)12(18)16-10-6-4-5-9(14)7-10/h4-7H,8H2,1-3H3,(H,15,17)(H,16,18). The van der Waals surface area contributed by atoms with E-state index in [1.54, 1.807) is 18.2 Å². The Morgan fingerprint density at radius 2 is 1.89 bits per heavy atom. The van der Waals surface area contributed by atoms with Crippen LogP contribution in [0, 0.1) is 5.41 Å². The van der Waals surface area contributed by atoms with Gasteiger partial charge in [0.05, 0.1) is 0 Å². The first-order chi connectivity index (χ1) is 8.28. The van der Waals surface area contributed by atoms with E-state index in [1.165, 1.54) is 0 Å². The predicted octanol–water partition coefficient (Wildman–Crippen LogP) is 2.55. The van der Waals surface area contributed by atoms with Crippen LogP contribution in [0.5, 0.6) is 0 Å². The van der Waals surface area contributed by atoms with Crippen LogP contribution in [0.15, 0.2) is 28.7 Å². The second-order valence-electron chi connectivity index (χ2n) is 5.21. The largest absolute Gasteiger partial charge is 0.347 e. The van der Waals surface area contributed by atoms with E-state index in [-0.39, 0.29) is 5.41 Å². The molecule has 0 radical (unpaired) electrons. The molecule has 0 aliphatic carbocycles. The van der Waals surface area contributed by atoms with Crippen LogP contribution in [0.25, 0.3) is 0 Å². The van der Waals surface area contributed by atoms with Gasteiger partial charge in [0.2, 0.25) is 0 Å². The summed E-state index contributed by atoms with van der Waals surface area (Å²) in [5.74, 6) is -1.28. The Balaban J connectivity index is 2.53. The molecule has 2 amide bonds. The second-order valence-corrected chi connectivity index (χ2v) is 6.12. The zero-order valence-corrected chi connectivity index (χ0v) is 12.3. The molecular formula is C13H17BrN2O2. The molecule has 1 rings (SSSR count). The molecule has 2 N–H and O–H groups in total. The Bertz CT molecular complexity index is 453. The van der Waals surface area contributed by atoms with Gasteiger partial charge in [0.25, 0.3) is 0 Å². The summed E-state index contributed by atoms with van der Waals surface area (Å²) in [5.41, 5.74) is 0.534. The number of rotatable bonds is 2. The van der Waals surface area contributed by atoms with Gasteiger partial charge in [-0.3, -0.25) is 9.59 Å². The summed E-state index contributed by atoms with van der Waals surface area (Å²) in [5, 5.41) is 5.13. The summed E-state index contributed by atoms with van der Waals surface area (Å²) in [4.78, 5) is 23.1. The molecule has 0 spiro atoms. The van der Waals surface area contributed by atoms with Crippen LogP contribution in [-0.4, -0.2) is 18.4 Å². The lowest BCUT2D eigenvalue weighted by Gasteiger charge is -2.18. The lowest BCUT2D eigenvalue weighted by atomic mass is 9.97. The van der Waals surface area contributed by atoms with Gasteiger partial charge in [0, 0.05) is 16.7 Å². The van der Waals surface area contributed by atoms with Crippen LogP contribution < -0.4 is 10.6 Å². The summed E-state index contributed by atoms with van der Waals surface area (Å²) >= 11 is 3.29. The smallest absolute Gasteiger partial charge is 0.313 e. The molecule has 0 aromatic heterocycles. The number of benzene rings is 1. The fraction of sp³-hybridized carbons (Fsp3) is 0.385. The van der Waals surface area contributed by atoms with Crippen LogP contribution in [-0.2, 0) is 9.59 Å². The molecule has 5 heteroatoms. The van der Waals surface area contributed by atoms with Crippen molar-refractivity contribution < 1.29 is 9.59 Å². The van der Waals surface area contributed by atoms with Crippen LogP contribution in [0.4, 0.5) is 5.69 Å². The van der Waals surface area contributed by atoms with Crippen molar-refractivity contribution in [3.8, 4) is 0 Å². The van der Waals surface area contributed by atoms with E-state index in [2.05, 4.69) is 26.6 Å². The fourth-order valence-electron chi connectivity index (χ4n) is 1.18. The Morgan fingerprint density at radius 1 is 1.22 bits per heavy atom. The number of halogens is 1. The van der Waals surface area contributed by atoms with Gasteiger partial charge in [-0.05, 0) is 23.6 Å². The first-order valence-electron chi connectivity index (χ1n) is 5.63. The van der Waals surface area contributed by atoms with Crippen LogP contribution in [0.2, 0.25) is 0 Å². The molecule has 0 fully saturated rings. The average molecular weight is 313 g/mol. The maximum atomic E-state index is 11.6. The average Bonchev–Trinajstić information content (AvgIpc) is 2.24. The van der Waals surface area contributed by atoms with Crippen molar-refractivity contribution in [2.24, 2.45) is 5.41 Å². The number of amides is 2. The molecule has 0 aliphatic rings. The van der Waals surface area contributed by atoms with Crippen LogP contribution >= 0.6 is 15.9 Å². The van der Waals surface area contributed by atoms with E-state index >= 15 is 0 Å².